The van der Waals surface area contributed by atoms with Gasteiger partial charge in [0.1, 0.15) is 29.8 Å². The molecule has 0 unspecified atom stereocenters. The number of carbonyl (C=O) groups is 5. The Morgan fingerprint density at radius 3 is 2.01 bits per heavy atom. The molecule has 0 radical (unpaired) electrons. The van der Waals surface area contributed by atoms with Gasteiger partial charge in [-0.3, -0.25) is 19.3 Å². The first kappa shape index (κ1) is 56.2. The van der Waals surface area contributed by atoms with Gasteiger partial charge in [0.25, 0.3) is 20.1 Å². The molecule has 3 amide bonds. The molecule has 4 aromatic rings. The van der Waals surface area contributed by atoms with Gasteiger partial charge in [0.05, 0.1) is 37.6 Å². The molecule has 2 aliphatic heterocycles. The molecule has 2 saturated heterocycles. The Labute approximate surface area is 432 Å². The number of fused-ring (bicyclic) bond motifs is 1. The summed E-state index contributed by atoms with van der Waals surface area (Å²) in [7, 11) is -4.62. The van der Waals surface area contributed by atoms with Gasteiger partial charge in [0.2, 0.25) is 6.10 Å². The molecule has 2 fully saturated rings. The minimum atomic E-state index is -3.37. The van der Waals surface area contributed by atoms with E-state index in [9.17, 15) is 9.59 Å². The van der Waals surface area contributed by atoms with Crippen molar-refractivity contribution in [2.75, 3.05) is 26.9 Å². The number of amides is 3. The molecule has 0 aliphatic carbocycles. The monoisotopic (exact) mass is 1040 g/mol. The summed E-state index contributed by atoms with van der Waals surface area (Å²) < 4.78 is 44.6. The van der Waals surface area contributed by atoms with E-state index in [0.29, 0.717) is 29.3 Å². The van der Waals surface area contributed by atoms with E-state index in [1.165, 1.54) is 31.1 Å². The second-order valence-electron chi connectivity index (χ2n) is 20.2. The van der Waals surface area contributed by atoms with Crippen LogP contribution in [0.25, 0.3) is 10.8 Å². The highest BCUT2D eigenvalue weighted by Gasteiger charge is 2.59. The molecule has 2 heterocycles. The average molecular weight is 1040 g/mol. The molecule has 0 spiro atoms. The number of nitrogens with zero attached hydrogens (tertiary/aromatic N) is 1. The minimum absolute atomic E-state index is 0.0336. The summed E-state index contributed by atoms with van der Waals surface area (Å²) in [6, 6.07) is 29.2. The van der Waals surface area contributed by atoms with Crippen LogP contribution in [0, 0.1) is 6.92 Å². The summed E-state index contributed by atoms with van der Waals surface area (Å²) in [5.74, 6) is -3.00. The van der Waals surface area contributed by atoms with Crippen LogP contribution in [0.4, 0.5) is 4.79 Å². The number of epoxide rings is 1. The predicted octanol–water partition coefficient (Wildman–Crippen LogP) is 8.23. The molecule has 15 nitrogen and oxygen atoms in total. The molecule has 6 rings (SSSR count). The number of nitrogens with one attached hydrogen (secondary N) is 2. The number of hydrogen-bond acceptors (Lipinski definition) is 12. The average Bonchev–Trinajstić information content (AvgIpc) is 4.05. The number of rotatable bonds is 21. The van der Waals surface area contributed by atoms with Crippen LogP contribution in [-0.2, 0) is 42.2 Å². The Balaban J connectivity index is 1.60. The molecule has 4 aromatic carbocycles. The van der Waals surface area contributed by atoms with Crippen molar-refractivity contribution >= 4 is 67.6 Å². The van der Waals surface area contributed by atoms with Crippen LogP contribution in [0.5, 0.6) is 5.75 Å². The van der Waals surface area contributed by atoms with E-state index in [1.807, 2.05) is 61.5 Å². The lowest BCUT2D eigenvalue weighted by Gasteiger charge is -2.44. The number of carbonyl (C=O) groups excluding carboxylic acids is 5. The fraction of sp³-hybridized carbons (Fsp3) is 0.446. The molecule has 0 aromatic heterocycles. The van der Waals surface area contributed by atoms with Crippen molar-refractivity contribution in [2.45, 2.75) is 135 Å². The quantitative estimate of drug-likeness (QED) is 0.0204. The van der Waals surface area contributed by atoms with Gasteiger partial charge in [-0.15, -0.1) is 0 Å². The molecule has 5 atom stereocenters. The lowest BCUT2D eigenvalue weighted by atomic mass is 9.99. The Morgan fingerprint density at radius 2 is 1.51 bits per heavy atom. The summed E-state index contributed by atoms with van der Waals surface area (Å²) in [4.78, 5) is 74.5. The molecule has 0 saturated carbocycles. The fourth-order valence-electron chi connectivity index (χ4n) is 9.84. The van der Waals surface area contributed by atoms with Crippen molar-refractivity contribution in [3.63, 3.8) is 0 Å². The zero-order valence-corrected chi connectivity index (χ0v) is 46.4. The van der Waals surface area contributed by atoms with Crippen LogP contribution in [0.3, 0.4) is 0 Å². The maximum absolute atomic E-state index is 15.2. The van der Waals surface area contributed by atoms with Crippen LogP contribution in [0.2, 0.25) is 23.2 Å². The van der Waals surface area contributed by atoms with Gasteiger partial charge in [-0.05, 0) is 89.7 Å². The second kappa shape index (κ2) is 23.4. The van der Waals surface area contributed by atoms with Gasteiger partial charge >= 0.3 is 18.0 Å². The zero-order chi connectivity index (χ0) is 53.5. The number of esters is 2. The van der Waals surface area contributed by atoms with Gasteiger partial charge in [0, 0.05) is 13.0 Å². The van der Waals surface area contributed by atoms with Crippen LogP contribution in [0.1, 0.15) is 85.2 Å². The van der Waals surface area contributed by atoms with Crippen LogP contribution >= 0.6 is 0 Å². The highest BCUT2D eigenvalue weighted by atomic mass is 28.4. The Hall–Kier alpha value is -6.12. The molecule has 392 valence electrons. The Morgan fingerprint density at radius 1 is 0.904 bits per heavy atom. The number of likely N-dealkylation sites (tertiary alicyclic amines) is 1. The van der Waals surface area contributed by atoms with Gasteiger partial charge < -0.3 is 43.2 Å². The first-order chi connectivity index (χ1) is 34.6. The van der Waals surface area contributed by atoms with Gasteiger partial charge in [0.15, 0.2) is 14.4 Å². The van der Waals surface area contributed by atoms with Crippen LogP contribution in [-0.4, -0.2) is 114 Å². The second-order valence-corrected chi connectivity index (χ2v) is 29.3. The normalized spacial score (nSPS) is 20.0. The van der Waals surface area contributed by atoms with E-state index in [2.05, 4.69) is 83.0 Å². The maximum Gasteiger partial charge on any atom is 0.414 e. The summed E-state index contributed by atoms with van der Waals surface area (Å²) in [6.45, 7) is 24.1. The summed E-state index contributed by atoms with van der Waals surface area (Å²) in [5, 5.41) is 8.39. The van der Waals surface area contributed by atoms with E-state index in [4.69, 9.17) is 32.5 Å². The minimum Gasteiger partial charge on any atom is -0.497 e. The highest BCUT2D eigenvalue weighted by molar-refractivity contribution is 6.99. The lowest BCUT2D eigenvalue weighted by molar-refractivity contribution is -0.148. The molecular formula is C56H73N3O12Si2. The van der Waals surface area contributed by atoms with Gasteiger partial charge in [-0.25, -0.2) is 9.59 Å². The predicted molar refractivity (Wildman–Crippen MR) is 286 cm³/mol. The molecule has 2 aliphatic rings. The first-order valence-corrected chi connectivity index (χ1v) is 29.5. The van der Waals surface area contributed by atoms with Crippen molar-refractivity contribution in [2.24, 2.45) is 0 Å². The third kappa shape index (κ3) is 12.0. The van der Waals surface area contributed by atoms with Crippen molar-refractivity contribution in [1.82, 2.24) is 15.5 Å². The smallest absolute Gasteiger partial charge is 0.414 e. The van der Waals surface area contributed by atoms with Crippen LogP contribution in [0.15, 0.2) is 115 Å². The molecule has 2 N–H and O–H groups in total. The van der Waals surface area contributed by atoms with Crippen molar-refractivity contribution < 1.29 is 56.5 Å². The molecule has 0 bridgehead atoms. The number of methoxy groups -OCH3 is 1. The lowest BCUT2D eigenvalue weighted by Crippen LogP contribution is -2.67. The summed E-state index contributed by atoms with van der Waals surface area (Å²) in [5.41, 5.74) is -0.990. The van der Waals surface area contributed by atoms with Crippen molar-refractivity contribution in [3.8, 4) is 5.75 Å². The topological polar surface area (TPSA) is 181 Å². The maximum atomic E-state index is 15.2. The Bertz CT molecular complexity index is 2630. The summed E-state index contributed by atoms with van der Waals surface area (Å²) >= 11 is 0. The van der Waals surface area contributed by atoms with E-state index in [1.54, 1.807) is 26.8 Å². The number of ether oxygens (including phenoxy) is 5. The number of benzene rings is 4. The molecule has 73 heavy (non-hydrogen) atoms. The van der Waals surface area contributed by atoms with Gasteiger partial charge in [-0.1, -0.05) is 133 Å². The molecule has 17 heteroatoms. The summed E-state index contributed by atoms with van der Waals surface area (Å²) in [6.07, 6.45) is -3.84. The third-order valence-corrected chi connectivity index (χ3v) is 23.6. The van der Waals surface area contributed by atoms with E-state index < -0.39 is 93.2 Å². The standard InChI is InChI=1S/C56H73N3O12Si2/c1-14-31-66-54(64)59-45(34-68-73(55(9,10)11,40-26-20-18-21-27-40)41-28-22-19-23-29-41)48(71-72(15-2,16-3)17-4)49(69-38(8)60)47(59)46(51(61)57-36(5)6)58-52(62)50(56(12)35-67-56)70-53(63)44-33-39(65-13)32-43-37(7)25-24-30-42(43)44/h14,18-30,32-33,36,45,48-50H,1,15-17,31,34-35H2,2-13H3,(H,57,61)(H,58,62)/b47-46-/t45-,48+,49+,50+,56-/m0/s1. The van der Waals surface area contributed by atoms with E-state index >= 15 is 14.4 Å². The third-order valence-electron chi connectivity index (χ3n) is 14.0. The number of hydrogen-bond donors (Lipinski definition) is 2. The van der Waals surface area contributed by atoms with E-state index in [-0.39, 0.29) is 31.1 Å². The zero-order valence-electron chi connectivity index (χ0n) is 44.4. The Kier molecular flexibility index (Phi) is 18.0. The van der Waals surface area contributed by atoms with Crippen molar-refractivity contribution in [3.05, 3.63) is 126 Å². The fourth-order valence-corrected chi connectivity index (χ4v) is 17.3. The number of aryl methyl sites for hydroxylation is 1. The largest absolute Gasteiger partial charge is 0.497 e. The van der Waals surface area contributed by atoms with Gasteiger partial charge in [-0.2, -0.15) is 0 Å². The van der Waals surface area contributed by atoms with E-state index in [0.717, 1.165) is 21.3 Å². The van der Waals surface area contributed by atoms with Crippen LogP contribution < -0.4 is 25.7 Å². The molecular weight excluding hydrogens is 963 g/mol. The highest BCUT2D eigenvalue weighted by Crippen LogP contribution is 2.43. The first-order valence-electron chi connectivity index (χ1n) is 25.1. The SMILES string of the molecule is C=CCOC(=O)N1/C(=C(\NC(=O)[C@@H](OC(=O)c2cc(OC)cc3c(C)cccc23)[C@]2(C)CO2)C(=O)NC(C)C)[C@@H](OC(C)=O)[C@H](O[Si](CC)(CC)CC)[C@@H]1CO[Si](c1ccccc1)(c1ccccc1)C(C)(C)C. The van der Waals surface area contributed by atoms with Crippen molar-refractivity contribution in [1.29, 1.82) is 0 Å².